The van der Waals surface area contributed by atoms with Gasteiger partial charge in [0, 0.05) is 32.4 Å². The van der Waals surface area contributed by atoms with Crippen LogP contribution >= 0.6 is 0 Å². The lowest BCUT2D eigenvalue weighted by Crippen LogP contribution is -2.47. The topological polar surface area (TPSA) is 94.6 Å². The maximum atomic E-state index is 12.4. The van der Waals surface area contributed by atoms with E-state index in [2.05, 4.69) is 15.6 Å². The van der Waals surface area contributed by atoms with Gasteiger partial charge in [0.2, 0.25) is 0 Å². The lowest BCUT2D eigenvalue weighted by molar-refractivity contribution is -0.143. The number of amides is 2. The average Bonchev–Trinajstić information content (AvgIpc) is 2.61. The van der Waals surface area contributed by atoms with E-state index in [0.717, 1.165) is 12.3 Å². The highest BCUT2D eigenvalue weighted by Gasteiger charge is 2.30. The number of anilines is 1. The molecule has 1 unspecified atom stereocenters. The monoisotopic (exact) mass is 374 g/mol. The number of hydrogen-bond donors (Lipinski definition) is 3. The SMILES string of the molecule is O=C(O)C1CCCN(C(=O)NCCCNc2ccc(C(F)(F)F)cn2)C1. The van der Waals surface area contributed by atoms with E-state index >= 15 is 0 Å². The Morgan fingerprint density at radius 3 is 2.69 bits per heavy atom. The number of carboxylic acids is 1. The standard InChI is InChI=1S/C16H21F3N4O3/c17-16(18,19)12-4-5-13(22-9-12)20-6-2-7-21-15(26)23-8-1-3-11(10-23)14(24)25/h4-5,9,11H,1-3,6-8,10H2,(H,20,22)(H,21,26)(H,24,25). The molecule has 3 N–H and O–H groups in total. The molecular weight excluding hydrogens is 353 g/mol. The number of piperidine rings is 1. The molecule has 0 bridgehead atoms. The van der Waals surface area contributed by atoms with Gasteiger partial charge < -0.3 is 20.6 Å². The van der Waals surface area contributed by atoms with E-state index in [0.29, 0.717) is 44.7 Å². The summed E-state index contributed by atoms with van der Waals surface area (Å²) in [7, 11) is 0. The minimum atomic E-state index is -4.41. The predicted octanol–water partition coefficient (Wildman–Crippen LogP) is 2.41. The second kappa shape index (κ2) is 8.72. The highest BCUT2D eigenvalue weighted by Crippen LogP contribution is 2.28. The summed E-state index contributed by atoms with van der Waals surface area (Å²) >= 11 is 0. The van der Waals surface area contributed by atoms with Gasteiger partial charge in [0.25, 0.3) is 0 Å². The van der Waals surface area contributed by atoms with Crippen molar-refractivity contribution < 1.29 is 27.9 Å². The maximum absolute atomic E-state index is 12.4. The van der Waals surface area contributed by atoms with Crippen molar-refractivity contribution in [2.24, 2.45) is 5.92 Å². The first-order valence-electron chi connectivity index (χ1n) is 8.30. The Hall–Kier alpha value is -2.52. The second-order valence-electron chi connectivity index (χ2n) is 6.07. The normalized spacial score (nSPS) is 17.7. The number of hydrogen-bond acceptors (Lipinski definition) is 4. The third kappa shape index (κ3) is 5.78. The molecule has 0 aliphatic carbocycles. The fraction of sp³-hybridized carbons (Fsp3) is 0.562. The molecule has 0 radical (unpaired) electrons. The molecule has 1 aromatic heterocycles. The van der Waals surface area contributed by atoms with Gasteiger partial charge in [0.1, 0.15) is 5.82 Å². The summed E-state index contributed by atoms with van der Waals surface area (Å²) in [5.74, 6) is -1.10. The van der Waals surface area contributed by atoms with Crippen LogP contribution in [-0.2, 0) is 11.0 Å². The van der Waals surface area contributed by atoms with Crippen LogP contribution in [0.3, 0.4) is 0 Å². The van der Waals surface area contributed by atoms with Crippen molar-refractivity contribution in [3.05, 3.63) is 23.9 Å². The minimum Gasteiger partial charge on any atom is -0.481 e. The van der Waals surface area contributed by atoms with Crippen LogP contribution in [0, 0.1) is 5.92 Å². The van der Waals surface area contributed by atoms with Crippen LogP contribution in [0.25, 0.3) is 0 Å². The Balaban J connectivity index is 1.66. The number of rotatable bonds is 6. The lowest BCUT2D eigenvalue weighted by Gasteiger charge is -2.30. The molecule has 10 heteroatoms. The molecule has 1 saturated heterocycles. The van der Waals surface area contributed by atoms with Crippen molar-refractivity contribution in [1.29, 1.82) is 0 Å². The van der Waals surface area contributed by atoms with Crippen molar-refractivity contribution >= 4 is 17.8 Å². The highest BCUT2D eigenvalue weighted by atomic mass is 19.4. The number of carbonyl (C=O) groups is 2. The fourth-order valence-electron chi connectivity index (χ4n) is 2.64. The minimum absolute atomic E-state index is 0.203. The molecular formula is C16H21F3N4O3. The third-order valence-corrected chi connectivity index (χ3v) is 4.08. The van der Waals surface area contributed by atoms with E-state index in [9.17, 15) is 22.8 Å². The van der Waals surface area contributed by atoms with Gasteiger partial charge in [-0.1, -0.05) is 0 Å². The molecule has 2 rings (SSSR count). The van der Waals surface area contributed by atoms with Crippen molar-refractivity contribution in [3.63, 3.8) is 0 Å². The summed E-state index contributed by atoms with van der Waals surface area (Å²) in [5, 5.41) is 14.6. The molecule has 1 aliphatic heterocycles. The smallest absolute Gasteiger partial charge is 0.417 e. The Kier molecular flexibility index (Phi) is 6.64. The van der Waals surface area contributed by atoms with Gasteiger partial charge in [-0.2, -0.15) is 13.2 Å². The molecule has 2 amide bonds. The zero-order chi connectivity index (χ0) is 19.2. The fourth-order valence-corrected chi connectivity index (χ4v) is 2.64. The van der Waals surface area contributed by atoms with E-state index in [-0.39, 0.29) is 12.6 Å². The van der Waals surface area contributed by atoms with Crippen LogP contribution in [0.4, 0.5) is 23.8 Å². The largest absolute Gasteiger partial charge is 0.481 e. The van der Waals surface area contributed by atoms with Gasteiger partial charge in [0.15, 0.2) is 0 Å². The van der Waals surface area contributed by atoms with E-state index in [4.69, 9.17) is 5.11 Å². The van der Waals surface area contributed by atoms with Crippen molar-refractivity contribution in [2.45, 2.75) is 25.4 Å². The van der Waals surface area contributed by atoms with Crippen LogP contribution in [-0.4, -0.2) is 53.2 Å². The quantitative estimate of drug-likeness (QED) is 0.665. The van der Waals surface area contributed by atoms with Crippen molar-refractivity contribution in [1.82, 2.24) is 15.2 Å². The third-order valence-electron chi connectivity index (χ3n) is 4.08. The van der Waals surface area contributed by atoms with Gasteiger partial charge in [-0.3, -0.25) is 4.79 Å². The number of likely N-dealkylation sites (tertiary alicyclic amines) is 1. The summed E-state index contributed by atoms with van der Waals surface area (Å²) in [6.07, 6.45) is -1.87. The predicted molar refractivity (Wildman–Crippen MR) is 87.7 cm³/mol. The van der Waals surface area contributed by atoms with Crippen molar-refractivity contribution in [2.75, 3.05) is 31.5 Å². The van der Waals surface area contributed by atoms with Crippen LogP contribution in [0.15, 0.2) is 18.3 Å². The number of aliphatic carboxylic acids is 1. The van der Waals surface area contributed by atoms with Gasteiger partial charge >= 0.3 is 18.2 Å². The summed E-state index contributed by atoms with van der Waals surface area (Å²) < 4.78 is 37.3. The highest BCUT2D eigenvalue weighted by molar-refractivity contribution is 5.76. The Bertz CT molecular complexity index is 622. The zero-order valence-corrected chi connectivity index (χ0v) is 14.1. The molecule has 1 aromatic rings. The summed E-state index contributed by atoms with van der Waals surface area (Å²) in [6, 6.07) is 1.90. The van der Waals surface area contributed by atoms with Crippen LogP contribution in [0.2, 0.25) is 0 Å². The van der Waals surface area contributed by atoms with Gasteiger partial charge in [-0.15, -0.1) is 0 Å². The van der Waals surface area contributed by atoms with E-state index in [1.807, 2.05) is 0 Å². The summed E-state index contributed by atoms with van der Waals surface area (Å²) in [5.41, 5.74) is -0.809. The number of nitrogens with one attached hydrogen (secondary N) is 2. The molecule has 1 aliphatic rings. The summed E-state index contributed by atoms with van der Waals surface area (Å²) in [4.78, 5) is 28.2. The molecule has 26 heavy (non-hydrogen) atoms. The summed E-state index contributed by atoms with van der Waals surface area (Å²) in [6.45, 7) is 1.52. The molecule has 0 aromatic carbocycles. The molecule has 0 spiro atoms. The molecule has 7 nitrogen and oxygen atoms in total. The van der Waals surface area contributed by atoms with Crippen LogP contribution in [0.5, 0.6) is 0 Å². The molecule has 2 heterocycles. The zero-order valence-electron chi connectivity index (χ0n) is 14.1. The Labute approximate surface area is 148 Å². The second-order valence-corrected chi connectivity index (χ2v) is 6.07. The number of nitrogens with zero attached hydrogens (tertiary/aromatic N) is 2. The number of pyridine rings is 1. The number of urea groups is 1. The molecule has 144 valence electrons. The number of carbonyl (C=O) groups excluding carboxylic acids is 1. The van der Waals surface area contributed by atoms with Crippen LogP contribution in [0.1, 0.15) is 24.8 Å². The van der Waals surface area contributed by atoms with E-state index in [1.54, 1.807) is 0 Å². The first-order valence-corrected chi connectivity index (χ1v) is 8.30. The van der Waals surface area contributed by atoms with Crippen LogP contribution < -0.4 is 10.6 Å². The molecule has 1 fully saturated rings. The average molecular weight is 374 g/mol. The Morgan fingerprint density at radius 1 is 1.31 bits per heavy atom. The van der Waals surface area contributed by atoms with Gasteiger partial charge in [-0.05, 0) is 31.4 Å². The first kappa shape index (κ1) is 19.8. The van der Waals surface area contributed by atoms with E-state index in [1.165, 1.54) is 11.0 Å². The number of aromatic nitrogens is 1. The van der Waals surface area contributed by atoms with Gasteiger partial charge in [0.05, 0.1) is 11.5 Å². The van der Waals surface area contributed by atoms with Crippen molar-refractivity contribution in [3.8, 4) is 0 Å². The van der Waals surface area contributed by atoms with E-state index < -0.39 is 23.6 Å². The molecule has 1 atom stereocenters. The van der Waals surface area contributed by atoms with Gasteiger partial charge in [-0.25, -0.2) is 9.78 Å². The number of halogens is 3. The molecule has 0 saturated carbocycles. The maximum Gasteiger partial charge on any atom is 0.417 e. The number of alkyl halides is 3. The first-order chi connectivity index (χ1) is 12.3. The Morgan fingerprint density at radius 2 is 2.08 bits per heavy atom. The lowest BCUT2D eigenvalue weighted by atomic mass is 9.99. The number of carboxylic acid groups (broad SMARTS) is 1.